The van der Waals surface area contributed by atoms with Crippen molar-refractivity contribution in [1.82, 2.24) is 5.32 Å². The average molecular weight is 275 g/mol. The topological polar surface area (TPSA) is 69.6 Å². The van der Waals surface area contributed by atoms with E-state index < -0.39 is 12.0 Å². The number of nitrogens with one attached hydrogen (secondary N) is 1. The molecule has 0 fully saturated rings. The Balaban J connectivity index is 2.15. The number of phenolic OH excluding ortho intramolecular Hbond substituents is 1. The highest BCUT2D eigenvalue weighted by Crippen LogP contribution is 2.19. The number of phenols is 1. The minimum Gasteiger partial charge on any atom is -0.508 e. The molecule has 1 atom stereocenters. The highest BCUT2D eigenvalue weighted by atomic mass is 19.1. The van der Waals surface area contributed by atoms with E-state index in [1.807, 2.05) is 0 Å². The van der Waals surface area contributed by atoms with Gasteiger partial charge in [0.1, 0.15) is 17.6 Å². The molecule has 2 rings (SSSR count). The van der Waals surface area contributed by atoms with Crippen LogP contribution in [0.25, 0.3) is 0 Å². The molecule has 0 aliphatic heterocycles. The van der Waals surface area contributed by atoms with Crippen LogP contribution in [0.5, 0.6) is 5.75 Å². The van der Waals surface area contributed by atoms with Gasteiger partial charge in [-0.1, -0.05) is 30.3 Å². The van der Waals surface area contributed by atoms with Crippen molar-refractivity contribution in [3.63, 3.8) is 0 Å². The average Bonchev–Trinajstić information content (AvgIpc) is 2.41. The first-order chi connectivity index (χ1) is 9.58. The molecule has 0 saturated heterocycles. The fraction of sp³-hybridized carbons (Fsp3) is 0.133. The van der Waals surface area contributed by atoms with Crippen LogP contribution in [0.3, 0.4) is 0 Å². The van der Waals surface area contributed by atoms with Gasteiger partial charge in [-0.3, -0.25) is 10.1 Å². The maximum absolute atomic E-state index is 13.5. The van der Waals surface area contributed by atoms with E-state index in [4.69, 9.17) is 0 Å². The van der Waals surface area contributed by atoms with E-state index in [0.717, 1.165) is 0 Å². The summed E-state index contributed by atoms with van der Waals surface area (Å²) in [5, 5.41) is 21.4. The summed E-state index contributed by atoms with van der Waals surface area (Å²) in [6.07, 6.45) is 0. The Morgan fingerprint density at radius 2 is 1.95 bits per heavy atom. The van der Waals surface area contributed by atoms with Crippen LogP contribution >= 0.6 is 0 Å². The number of hydrogen-bond acceptors (Lipinski definition) is 3. The van der Waals surface area contributed by atoms with Crippen molar-refractivity contribution in [2.75, 3.05) is 0 Å². The Morgan fingerprint density at radius 1 is 1.20 bits per heavy atom. The van der Waals surface area contributed by atoms with Crippen LogP contribution in [-0.4, -0.2) is 16.2 Å². The molecule has 3 N–H and O–H groups in total. The number of aliphatic carboxylic acids is 1. The van der Waals surface area contributed by atoms with E-state index >= 15 is 0 Å². The molecule has 0 bridgehead atoms. The third kappa shape index (κ3) is 3.33. The molecular formula is C15H14FNO3. The Hall–Kier alpha value is -2.40. The summed E-state index contributed by atoms with van der Waals surface area (Å²) in [5.74, 6) is -1.49. The van der Waals surface area contributed by atoms with Gasteiger partial charge in [0.25, 0.3) is 0 Å². The SMILES string of the molecule is O=C(O)C(NCc1ccccc1F)c1cccc(O)c1. The van der Waals surface area contributed by atoms with Crippen molar-refractivity contribution in [1.29, 1.82) is 0 Å². The predicted molar refractivity (Wildman–Crippen MR) is 71.7 cm³/mol. The third-order valence-corrected chi connectivity index (χ3v) is 2.90. The lowest BCUT2D eigenvalue weighted by molar-refractivity contribution is -0.139. The molecule has 5 heteroatoms. The molecule has 2 aromatic carbocycles. The van der Waals surface area contributed by atoms with Crippen molar-refractivity contribution < 1.29 is 19.4 Å². The van der Waals surface area contributed by atoms with Crippen molar-refractivity contribution >= 4 is 5.97 Å². The van der Waals surface area contributed by atoms with Gasteiger partial charge in [-0.2, -0.15) is 0 Å². The van der Waals surface area contributed by atoms with Crippen LogP contribution in [0.4, 0.5) is 4.39 Å². The maximum Gasteiger partial charge on any atom is 0.325 e. The van der Waals surface area contributed by atoms with Crippen LogP contribution in [0, 0.1) is 5.82 Å². The number of halogens is 1. The molecule has 0 aromatic heterocycles. The molecule has 104 valence electrons. The minimum absolute atomic E-state index is 0.0126. The third-order valence-electron chi connectivity index (χ3n) is 2.90. The molecule has 2 aromatic rings. The summed E-state index contributed by atoms with van der Waals surface area (Å²) in [4.78, 5) is 11.3. The van der Waals surface area contributed by atoms with E-state index in [-0.39, 0.29) is 18.1 Å². The molecule has 0 heterocycles. The van der Waals surface area contributed by atoms with Gasteiger partial charge in [0, 0.05) is 12.1 Å². The first-order valence-electron chi connectivity index (χ1n) is 6.06. The smallest absolute Gasteiger partial charge is 0.325 e. The van der Waals surface area contributed by atoms with Gasteiger partial charge in [-0.25, -0.2) is 4.39 Å². The number of benzene rings is 2. The summed E-state index contributed by atoms with van der Waals surface area (Å²) in [6.45, 7) is 0.0826. The number of carbonyl (C=O) groups is 1. The number of aromatic hydroxyl groups is 1. The summed E-state index contributed by atoms with van der Waals surface area (Å²) in [5.41, 5.74) is 0.799. The Bertz CT molecular complexity index is 616. The van der Waals surface area contributed by atoms with Gasteiger partial charge in [0.15, 0.2) is 0 Å². The molecule has 1 unspecified atom stereocenters. The van der Waals surface area contributed by atoms with Crippen LogP contribution < -0.4 is 5.32 Å². The van der Waals surface area contributed by atoms with Gasteiger partial charge >= 0.3 is 5.97 Å². The van der Waals surface area contributed by atoms with Crippen LogP contribution in [0.15, 0.2) is 48.5 Å². The molecular weight excluding hydrogens is 261 g/mol. The number of carboxylic acids is 1. The van der Waals surface area contributed by atoms with Crippen LogP contribution in [0.2, 0.25) is 0 Å². The first-order valence-corrected chi connectivity index (χ1v) is 6.06. The Labute approximate surface area is 115 Å². The molecule has 0 spiro atoms. The van der Waals surface area contributed by atoms with Gasteiger partial charge in [0.05, 0.1) is 0 Å². The monoisotopic (exact) mass is 275 g/mol. The molecule has 0 amide bonds. The van der Waals surface area contributed by atoms with Crippen molar-refractivity contribution in [3.05, 3.63) is 65.5 Å². The standard InChI is InChI=1S/C15H14FNO3/c16-13-7-2-1-4-11(13)9-17-14(15(19)20)10-5-3-6-12(18)8-10/h1-8,14,17-18H,9H2,(H,19,20). The minimum atomic E-state index is -1.09. The zero-order chi connectivity index (χ0) is 14.5. The molecule has 0 saturated carbocycles. The van der Waals surface area contributed by atoms with Gasteiger partial charge < -0.3 is 10.2 Å². The molecule has 0 aliphatic rings. The quantitative estimate of drug-likeness (QED) is 0.784. The largest absolute Gasteiger partial charge is 0.508 e. The summed E-state index contributed by atoms with van der Waals surface area (Å²) in [7, 11) is 0. The van der Waals surface area contributed by atoms with E-state index in [9.17, 15) is 19.4 Å². The van der Waals surface area contributed by atoms with E-state index in [1.165, 1.54) is 18.2 Å². The second kappa shape index (κ2) is 6.16. The molecule has 20 heavy (non-hydrogen) atoms. The number of hydrogen-bond donors (Lipinski definition) is 3. The summed E-state index contributed by atoms with van der Waals surface area (Å²) >= 11 is 0. The first kappa shape index (κ1) is 14.0. The maximum atomic E-state index is 13.5. The second-order valence-electron chi connectivity index (χ2n) is 4.34. The molecule has 0 aliphatic carbocycles. The van der Waals surface area contributed by atoms with E-state index in [0.29, 0.717) is 11.1 Å². The normalized spacial score (nSPS) is 12.1. The summed E-state index contributed by atoms with van der Waals surface area (Å²) in [6, 6.07) is 11.1. The Kier molecular flexibility index (Phi) is 4.32. The van der Waals surface area contributed by atoms with Crippen molar-refractivity contribution in [2.45, 2.75) is 12.6 Å². The van der Waals surface area contributed by atoms with Crippen LogP contribution in [0.1, 0.15) is 17.2 Å². The lowest BCUT2D eigenvalue weighted by atomic mass is 10.1. The zero-order valence-corrected chi connectivity index (χ0v) is 10.6. The van der Waals surface area contributed by atoms with Crippen molar-refractivity contribution in [3.8, 4) is 5.75 Å². The lowest BCUT2D eigenvalue weighted by Gasteiger charge is -2.15. The Morgan fingerprint density at radius 3 is 2.60 bits per heavy atom. The molecule has 4 nitrogen and oxygen atoms in total. The van der Waals surface area contributed by atoms with Crippen LogP contribution in [-0.2, 0) is 11.3 Å². The number of carboxylic acid groups (broad SMARTS) is 1. The highest BCUT2D eigenvalue weighted by molar-refractivity contribution is 5.75. The zero-order valence-electron chi connectivity index (χ0n) is 10.6. The van der Waals surface area contributed by atoms with Gasteiger partial charge in [-0.05, 0) is 23.8 Å². The summed E-state index contributed by atoms with van der Waals surface area (Å²) < 4.78 is 13.5. The highest BCUT2D eigenvalue weighted by Gasteiger charge is 2.19. The van der Waals surface area contributed by atoms with E-state index in [1.54, 1.807) is 30.3 Å². The lowest BCUT2D eigenvalue weighted by Crippen LogP contribution is -2.28. The van der Waals surface area contributed by atoms with Gasteiger partial charge in [-0.15, -0.1) is 0 Å². The van der Waals surface area contributed by atoms with E-state index in [2.05, 4.69) is 5.32 Å². The number of rotatable bonds is 5. The fourth-order valence-electron chi connectivity index (χ4n) is 1.91. The fourth-order valence-corrected chi connectivity index (χ4v) is 1.91. The molecule has 0 radical (unpaired) electrons. The van der Waals surface area contributed by atoms with Crippen molar-refractivity contribution in [2.24, 2.45) is 0 Å². The van der Waals surface area contributed by atoms with Gasteiger partial charge in [0.2, 0.25) is 0 Å². The second-order valence-corrected chi connectivity index (χ2v) is 4.34. The predicted octanol–water partition coefficient (Wildman–Crippen LogP) is 2.45.